The number of carbonyl (C=O) groups is 1. The first-order valence-corrected chi connectivity index (χ1v) is 8.51. The maximum absolute atomic E-state index is 12.3. The smallest absolute Gasteiger partial charge is 0.220 e. The second-order valence-corrected chi connectivity index (χ2v) is 7.02. The molecule has 0 saturated carbocycles. The van der Waals surface area contributed by atoms with E-state index >= 15 is 0 Å². The van der Waals surface area contributed by atoms with Gasteiger partial charge in [-0.3, -0.25) is 4.79 Å². The van der Waals surface area contributed by atoms with Gasteiger partial charge in [-0.2, -0.15) is 0 Å². The lowest BCUT2D eigenvalue weighted by atomic mass is 9.95. The molecule has 0 fully saturated rings. The van der Waals surface area contributed by atoms with Crippen LogP contribution >= 0.6 is 0 Å². The molecular weight excluding hydrogens is 302 g/mol. The Morgan fingerprint density at radius 3 is 2.83 bits per heavy atom. The van der Waals surface area contributed by atoms with E-state index in [9.17, 15) is 9.90 Å². The van der Waals surface area contributed by atoms with Crippen LogP contribution in [0, 0.1) is 13.8 Å². The van der Waals surface area contributed by atoms with Gasteiger partial charge in [0.15, 0.2) is 0 Å². The Hall–Kier alpha value is -2.07. The minimum atomic E-state index is -1.13. The summed E-state index contributed by atoms with van der Waals surface area (Å²) in [5.74, 6) is 1.71. The van der Waals surface area contributed by atoms with Crippen molar-refractivity contribution >= 4 is 5.91 Å². The zero-order valence-corrected chi connectivity index (χ0v) is 14.6. The molecule has 2 unspecified atom stereocenters. The number of carbonyl (C=O) groups excluding carboxylic acids is 1. The van der Waals surface area contributed by atoms with Crippen molar-refractivity contribution in [1.29, 1.82) is 0 Å². The molecule has 0 saturated heterocycles. The molecule has 0 bridgehead atoms. The average Bonchev–Trinajstić information content (AvgIpc) is 3.09. The second-order valence-electron chi connectivity index (χ2n) is 7.02. The summed E-state index contributed by atoms with van der Waals surface area (Å²) in [4.78, 5) is 12.3. The molecule has 128 valence electrons. The van der Waals surface area contributed by atoms with Gasteiger partial charge in [0.25, 0.3) is 0 Å². The Kier molecular flexibility index (Phi) is 4.50. The SMILES string of the molecule is Cc1cc(C(C)(O)CNC(=O)CC2CCc3ccccc32)c(C)o1. The van der Waals surface area contributed by atoms with Crippen LogP contribution in [0.25, 0.3) is 0 Å². The number of hydrogen-bond donors (Lipinski definition) is 2. The number of aliphatic hydroxyl groups is 1. The van der Waals surface area contributed by atoms with E-state index in [4.69, 9.17) is 4.42 Å². The fourth-order valence-corrected chi connectivity index (χ4v) is 3.68. The number of benzene rings is 1. The second kappa shape index (κ2) is 6.44. The summed E-state index contributed by atoms with van der Waals surface area (Å²) in [5.41, 5.74) is 2.24. The minimum Gasteiger partial charge on any atom is -0.466 e. The molecule has 2 N–H and O–H groups in total. The molecule has 1 aromatic carbocycles. The molecule has 1 aliphatic rings. The highest BCUT2D eigenvalue weighted by atomic mass is 16.3. The molecule has 24 heavy (non-hydrogen) atoms. The Morgan fingerprint density at radius 2 is 2.12 bits per heavy atom. The summed E-state index contributed by atoms with van der Waals surface area (Å²) in [6, 6.07) is 10.2. The monoisotopic (exact) mass is 327 g/mol. The van der Waals surface area contributed by atoms with Crippen molar-refractivity contribution in [1.82, 2.24) is 5.32 Å². The summed E-state index contributed by atoms with van der Waals surface area (Å²) in [6.07, 6.45) is 2.53. The van der Waals surface area contributed by atoms with Crippen molar-refractivity contribution < 1.29 is 14.3 Å². The van der Waals surface area contributed by atoms with Gasteiger partial charge in [0.2, 0.25) is 5.91 Å². The zero-order chi connectivity index (χ0) is 17.3. The first-order valence-electron chi connectivity index (χ1n) is 8.51. The van der Waals surface area contributed by atoms with Gasteiger partial charge in [-0.15, -0.1) is 0 Å². The van der Waals surface area contributed by atoms with E-state index in [-0.39, 0.29) is 18.4 Å². The average molecular weight is 327 g/mol. The lowest BCUT2D eigenvalue weighted by molar-refractivity contribution is -0.122. The van der Waals surface area contributed by atoms with Crippen LogP contribution in [0.1, 0.15) is 53.9 Å². The zero-order valence-electron chi connectivity index (χ0n) is 14.6. The molecule has 0 spiro atoms. The van der Waals surface area contributed by atoms with E-state index in [1.165, 1.54) is 11.1 Å². The van der Waals surface area contributed by atoms with E-state index in [1.54, 1.807) is 6.92 Å². The molecule has 4 nitrogen and oxygen atoms in total. The summed E-state index contributed by atoms with van der Waals surface area (Å²) in [5, 5.41) is 13.6. The van der Waals surface area contributed by atoms with Crippen molar-refractivity contribution in [2.75, 3.05) is 6.54 Å². The van der Waals surface area contributed by atoms with Crippen molar-refractivity contribution in [3.05, 3.63) is 58.5 Å². The highest BCUT2D eigenvalue weighted by molar-refractivity contribution is 5.77. The lowest BCUT2D eigenvalue weighted by Crippen LogP contribution is -2.39. The molecule has 3 rings (SSSR count). The minimum absolute atomic E-state index is 0.0187. The fraction of sp³-hybridized carbons (Fsp3) is 0.450. The van der Waals surface area contributed by atoms with E-state index in [1.807, 2.05) is 32.0 Å². The number of amides is 1. The predicted molar refractivity (Wildman–Crippen MR) is 92.9 cm³/mol. The van der Waals surface area contributed by atoms with Gasteiger partial charge in [0, 0.05) is 12.0 Å². The van der Waals surface area contributed by atoms with Gasteiger partial charge >= 0.3 is 0 Å². The highest BCUT2D eigenvalue weighted by Gasteiger charge is 2.29. The summed E-state index contributed by atoms with van der Waals surface area (Å²) < 4.78 is 5.48. The summed E-state index contributed by atoms with van der Waals surface area (Å²) in [7, 11) is 0. The molecule has 0 radical (unpaired) electrons. The largest absolute Gasteiger partial charge is 0.466 e. The van der Waals surface area contributed by atoms with Crippen LogP contribution in [-0.4, -0.2) is 17.6 Å². The summed E-state index contributed by atoms with van der Waals surface area (Å²) in [6.45, 7) is 5.56. The van der Waals surface area contributed by atoms with Gasteiger partial charge in [-0.05, 0) is 56.7 Å². The maximum Gasteiger partial charge on any atom is 0.220 e. The first-order chi connectivity index (χ1) is 11.4. The lowest BCUT2D eigenvalue weighted by Gasteiger charge is -2.23. The highest BCUT2D eigenvalue weighted by Crippen LogP contribution is 2.35. The molecule has 2 atom stereocenters. The van der Waals surface area contributed by atoms with Crippen LogP contribution in [0.4, 0.5) is 0 Å². The standard InChI is InChI=1S/C20H25NO3/c1-13-10-18(14(2)24-13)20(3,23)12-21-19(22)11-16-9-8-15-6-4-5-7-17(15)16/h4-7,10,16,23H,8-9,11-12H2,1-3H3,(H,21,22). The molecular formula is C20H25NO3. The molecule has 0 aliphatic heterocycles. The Morgan fingerprint density at radius 1 is 1.38 bits per heavy atom. The van der Waals surface area contributed by atoms with Crippen LogP contribution in [0.5, 0.6) is 0 Å². The van der Waals surface area contributed by atoms with E-state index in [0.29, 0.717) is 12.2 Å². The van der Waals surface area contributed by atoms with Gasteiger partial charge < -0.3 is 14.8 Å². The van der Waals surface area contributed by atoms with Crippen molar-refractivity contribution in [3.8, 4) is 0 Å². The van der Waals surface area contributed by atoms with Crippen LogP contribution in [0.15, 0.2) is 34.7 Å². The first kappa shape index (κ1) is 16.8. The number of fused-ring (bicyclic) bond motifs is 1. The Balaban J connectivity index is 1.59. The molecule has 2 aromatic rings. The van der Waals surface area contributed by atoms with E-state index in [0.717, 1.165) is 24.2 Å². The quantitative estimate of drug-likeness (QED) is 0.885. The molecule has 1 aromatic heterocycles. The third-order valence-electron chi connectivity index (χ3n) is 4.94. The van der Waals surface area contributed by atoms with Crippen molar-refractivity contribution in [3.63, 3.8) is 0 Å². The molecule has 1 heterocycles. The van der Waals surface area contributed by atoms with Crippen molar-refractivity contribution in [2.24, 2.45) is 0 Å². The third kappa shape index (κ3) is 3.39. The summed E-state index contributed by atoms with van der Waals surface area (Å²) >= 11 is 0. The van der Waals surface area contributed by atoms with Crippen LogP contribution in [-0.2, 0) is 16.8 Å². The van der Waals surface area contributed by atoms with Gasteiger partial charge in [0.05, 0.1) is 6.54 Å². The molecule has 1 amide bonds. The fourth-order valence-electron chi connectivity index (χ4n) is 3.68. The molecule has 4 heteroatoms. The number of aryl methyl sites for hydroxylation is 3. The third-order valence-corrected chi connectivity index (χ3v) is 4.94. The number of hydrogen-bond acceptors (Lipinski definition) is 3. The Labute approximate surface area is 142 Å². The van der Waals surface area contributed by atoms with Crippen LogP contribution in [0.3, 0.4) is 0 Å². The van der Waals surface area contributed by atoms with Gasteiger partial charge in [-0.25, -0.2) is 0 Å². The van der Waals surface area contributed by atoms with Gasteiger partial charge in [-0.1, -0.05) is 24.3 Å². The molecule has 1 aliphatic carbocycles. The Bertz CT molecular complexity index is 745. The number of nitrogens with one attached hydrogen (secondary N) is 1. The number of rotatable bonds is 5. The predicted octanol–water partition coefficient (Wildman–Crippen LogP) is 3.34. The van der Waals surface area contributed by atoms with Crippen molar-refractivity contribution in [2.45, 2.75) is 51.6 Å². The topological polar surface area (TPSA) is 62.5 Å². The number of furan rings is 1. The normalized spacial score (nSPS) is 18.9. The van der Waals surface area contributed by atoms with E-state index < -0.39 is 5.60 Å². The van der Waals surface area contributed by atoms with Gasteiger partial charge in [0.1, 0.15) is 17.1 Å². The van der Waals surface area contributed by atoms with Crippen LogP contribution in [0.2, 0.25) is 0 Å². The maximum atomic E-state index is 12.3. The van der Waals surface area contributed by atoms with E-state index in [2.05, 4.69) is 17.4 Å². The van der Waals surface area contributed by atoms with Crippen LogP contribution < -0.4 is 5.32 Å².